The summed E-state index contributed by atoms with van der Waals surface area (Å²) in [6.07, 6.45) is 5.79. The maximum atomic E-state index is 14.1. The van der Waals surface area contributed by atoms with Crippen molar-refractivity contribution in [3.8, 4) is 5.75 Å². The van der Waals surface area contributed by atoms with E-state index in [9.17, 15) is 9.18 Å². The van der Waals surface area contributed by atoms with Crippen LogP contribution < -0.4 is 15.8 Å². The zero-order chi connectivity index (χ0) is 23.7. The van der Waals surface area contributed by atoms with E-state index in [1.807, 2.05) is 0 Å². The summed E-state index contributed by atoms with van der Waals surface area (Å²) in [5, 5.41) is 3.83. The van der Waals surface area contributed by atoms with Gasteiger partial charge in [0.15, 0.2) is 5.82 Å². The first kappa shape index (κ1) is 23.0. The molecular formula is C24H28ClFN6O2. The fraction of sp³-hybridized carbons (Fsp3) is 0.458. The van der Waals surface area contributed by atoms with Gasteiger partial charge in [0.1, 0.15) is 17.7 Å². The lowest BCUT2D eigenvalue weighted by Gasteiger charge is -2.36. The minimum absolute atomic E-state index is 0.0567. The van der Waals surface area contributed by atoms with E-state index in [0.29, 0.717) is 33.7 Å². The van der Waals surface area contributed by atoms with E-state index in [2.05, 4.69) is 20.2 Å². The number of benzene rings is 1. The average Bonchev–Trinajstić information content (AvgIpc) is 3.50. The first-order valence-corrected chi connectivity index (χ1v) is 12.0. The van der Waals surface area contributed by atoms with E-state index >= 15 is 0 Å². The molecule has 34 heavy (non-hydrogen) atoms. The highest BCUT2D eigenvalue weighted by Gasteiger charge is 2.31. The minimum atomic E-state index is -0.435. The number of carbonyl (C=O) groups is 1. The molecular weight excluding hydrogens is 459 g/mol. The SMILES string of the molecule is NC1=C(c2ncc(Cl)cn2)CN(C(=O)c2ccc(F)cc2OC2CCN([C@@H]3CCNC3)CC2)C1. The molecule has 1 amide bonds. The van der Waals surface area contributed by atoms with Crippen LogP contribution in [0.15, 0.2) is 36.3 Å². The summed E-state index contributed by atoms with van der Waals surface area (Å²) in [6, 6.07) is 4.65. The quantitative estimate of drug-likeness (QED) is 0.669. The zero-order valence-electron chi connectivity index (χ0n) is 18.8. The van der Waals surface area contributed by atoms with Gasteiger partial charge in [-0.05, 0) is 37.9 Å². The van der Waals surface area contributed by atoms with Crippen molar-refractivity contribution in [3.63, 3.8) is 0 Å². The number of ether oxygens (including phenoxy) is 1. The number of halogens is 2. The predicted octanol–water partition coefficient (Wildman–Crippen LogP) is 2.30. The van der Waals surface area contributed by atoms with Crippen LogP contribution in [-0.4, -0.2) is 77.1 Å². The molecule has 8 nitrogen and oxygen atoms in total. The number of hydrogen-bond acceptors (Lipinski definition) is 7. The Hall–Kier alpha value is -2.75. The molecule has 0 aliphatic carbocycles. The number of nitrogens with one attached hydrogen (secondary N) is 1. The first-order valence-electron chi connectivity index (χ1n) is 11.6. The van der Waals surface area contributed by atoms with Crippen molar-refractivity contribution in [2.45, 2.75) is 31.4 Å². The molecule has 1 aromatic heterocycles. The molecule has 0 bridgehead atoms. The van der Waals surface area contributed by atoms with Crippen molar-refractivity contribution in [2.75, 3.05) is 39.3 Å². The lowest BCUT2D eigenvalue weighted by molar-refractivity contribution is 0.0731. The minimum Gasteiger partial charge on any atom is -0.489 e. The van der Waals surface area contributed by atoms with Crippen LogP contribution in [0.4, 0.5) is 4.39 Å². The molecule has 1 aromatic carbocycles. The van der Waals surface area contributed by atoms with Gasteiger partial charge in [0.2, 0.25) is 0 Å². The van der Waals surface area contributed by atoms with Gasteiger partial charge in [0.05, 0.1) is 23.7 Å². The van der Waals surface area contributed by atoms with E-state index in [4.69, 9.17) is 22.1 Å². The molecule has 0 spiro atoms. The second-order valence-corrected chi connectivity index (χ2v) is 9.47. The number of rotatable bonds is 5. The normalized spacial score (nSPS) is 21.9. The van der Waals surface area contributed by atoms with Crippen LogP contribution in [0.5, 0.6) is 5.75 Å². The number of nitrogens with two attached hydrogens (primary N) is 1. The van der Waals surface area contributed by atoms with Crippen molar-refractivity contribution < 1.29 is 13.9 Å². The third kappa shape index (κ3) is 4.87. The Morgan fingerprint density at radius 3 is 2.65 bits per heavy atom. The molecule has 1 atom stereocenters. The lowest BCUT2D eigenvalue weighted by atomic mass is 10.0. The number of nitrogens with zero attached hydrogens (tertiary/aromatic N) is 4. The highest BCUT2D eigenvalue weighted by molar-refractivity contribution is 6.30. The fourth-order valence-electron chi connectivity index (χ4n) is 4.91. The van der Waals surface area contributed by atoms with Gasteiger partial charge >= 0.3 is 0 Å². The third-order valence-corrected chi connectivity index (χ3v) is 6.97. The van der Waals surface area contributed by atoms with Crippen LogP contribution in [0.25, 0.3) is 5.57 Å². The van der Waals surface area contributed by atoms with E-state index in [1.165, 1.54) is 37.0 Å². The van der Waals surface area contributed by atoms with Crippen LogP contribution in [0, 0.1) is 5.82 Å². The van der Waals surface area contributed by atoms with Crippen LogP contribution in [0.2, 0.25) is 5.02 Å². The van der Waals surface area contributed by atoms with Gasteiger partial charge in [-0.15, -0.1) is 0 Å². The Balaban J connectivity index is 1.26. The molecule has 180 valence electrons. The molecule has 5 rings (SSSR count). The van der Waals surface area contributed by atoms with E-state index in [0.717, 1.165) is 39.0 Å². The Morgan fingerprint density at radius 2 is 1.94 bits per heavy atom. The van der Waals surface area contributed by atoms with Crippen molar-refractivity contribution in [3.05, 3.63) is 58.5 Å². The zero-order valence-corrected chi connectivity index (χ0v) is 19.6. The van der Waals surface area contributed by atoms with E-state index in [-0.39, 0.29) is 30.9 Å². The Bertz CT molecular complexity index is 1080. The number of piperidine rings is 1. The largest absolute Gasteiger partial charge is 0.489 e. The number of amides is 1. The van der Waals surface area contributed by atoms with Crippen LogP contribution in [-0.2, 0) is 0 Å². The highest BCUT2D eigenvalue weighted by atomic mass is 35.5. The lowest BCUT2D eigenvalue weighted by Crippen LogP contribution is -2.45. The average molecular weight is 487 g/mol. The maximum absolute atomic E-state index is 14.1. The summed E-state index contributed by atoms with van der Waals surface area (Å²) in [7, 11) is 0. The van der Waals surface area contributed by atoms with E-state index in [1.54, 1.807) is 4.90 Å². The summed E-state index contributed by atoms with van der Waals surface area (Å²) in [4.78, 5) is 25.9. The maximum Gasteiger partial charge on any atom is 0.258 e. The van der Waals surface area contributed by atoms with Gasteiger partial charge in [-0.25, -0.2) is 14.4 Å². The molecule has 4 heterocycles. The molecule has 2 saturated heterocycles. The number of likely N-dealkylation sites (tertiary alicyclic amines) is 1. The van der Waals surface area contributed by atoms with Gasteiger partial charge in [-0.2, -0.15) is 0 Å². The summed E-state index contributed by atoms with van der Waals surface area (Å²) in [6.45, 7) is 4.47. The number of hydrogen-bond donors (Lipinski definition) is 2. The monoisotopic (exact) mass is 486 g/mol. The summed E-state index contributed by atoms with van der Waals surface area (Å²) < 4.78 is 20.3. The molecule has 2 aromatic rings. The topological polar surface area (TPSA) is 96.6 Å². The Morgan fingerprint density at radius 1 is 1.18 bits per heavy atom. The standard InChI is InChI=1S/C24H28ClFN6O2/c25-15-10-29-23(30-11-15)20-13-32(14-21(20)27)24(33)19-2-1-16(26)9-22(19)34-18-4-7-31(8-5-18)17-3-6-28-12-17/h1-2,9-11,17-18,28H,3-8,12-14,27H2/t17-/m1/s1. The highest BCUT2D eigenvalue weighted by Crippen LogP contribution is 2.29. The Labute approximate surface area is 202 Å². The van der Waals surface area contributed by atoms with Crippen LogP contribution in [0.3, 0.4) is 0 Å². The van der Waals surface area contributed by atoms with Crippen molar-refractivity contribution in [2.24, 2.45) is 5.73 Å². The van der Waals surface area contributed by atoms with Gasteiger partial charge in [-0.1, -0.05) is 11.6 Å². The Kier molecular flexibility index (Phi) is 6.67. The molecule has 2 fully saturated rings. The molecule has 0 saturated carbocycles. The van der Waals surface area contributed by atoms with Crippen molar-refractivity contribution >= 4 is 23.1 Å². The van der Waals surface area contributed by atoms with E-state index < -0.39 is 5.82 Å². The van der Waals surface area contributed by atoms with Crippen LogP contribution >= 0.6 is 11.6 Å². The smallest absolute Gasteiger partial charge is 0.258 e. The second-order valence-electron chi connectivity index (χ2n) is 9.03. The van der Waals surface area contributed by atoms with Gasteiger partial charge in [0.25, 0.3) is 5.91 Å². The molecule has 0 unspecified atom stereocenters. The summed E-state index contributed by atoms with van der Waals surface area (Å²) in [5.41, 5.74) is 7.74. The third-order valence-electron chi connectivity index (χ3n) is 6.77. The van der Waals surface area contributed by atoms with Crippen molar-refractivity contribution in [1.29, 1.82) is 0 Å². The fourth-order valence-corrected chi connectivity index (χ4v) is 5.00. The predicted molar refractivity (Wildman–Crippen MR) is 127 cm³/mol. The molecule has 3 N–H and O–H groups in total. The molecule has 3 aliphatic heterocycles. The second kappa shape index (κ2) is 9.85. The summed E-state index contributed by atoms with van der Waals surface area (Å²) in [5.74, 6) is 0.0180. The van der Waals surface area contributed by atoms with Gasteiger partial charge in [-0.3, -0.25) is 9.69 Å². The van der Waals surface area contributed by atoms with Gasteiger partial charge in [0, 0.05) is 55.4 Å². The number of aromatic nitrogens is 2. The van der Waals surface area contributed by atoms with Gasteiger partial charge < -0.3 is 20.7 Å². The number of carbonyl (C=O) groups excluding carboxylic acids is 1. The van der Waals surface area contributed by atoms with Crippen LogP contribution in [0.1, 0.15) is 35.4 Å². The molecule has 3 aliphatic rings. The first-order chi connectivity index (χ1) is 16.5. The summed E-state index contributed by atoms with van der Waals surface area (Å²) >= 11 is 5.88. The molecule has 0 radical (unpaired) electrons. The van der Waals surface area contributed by atoms with Crippen molar-refractivity contribution in [1.82, 2.24) is 25.1 Å². The molecule has 10 heteroatoms.